The van der Waals surface area contributed by atoms with E-state index in [9.17, 15) is 15.2 Å². The zero-order valence-corrected chi connectivity index (χ0v) is 14.1. The van der Waals surface area contributed by atoms with Crippen molar-refractivity contribution in [2.24, 2.45) is 16.3 Å². The van der Waals surface area contributed by atoms with Crippen LogP contribution < -0.4 is 0 Å². The van der Waals surface area contributed by atoms with Crippen LogP contribution in [0, 0.1) is 22.7 Å². The third-order valence-electron chi connectivity index (χ3n) is 3.60. The van der Waals surface area contributed by atoms with Crippen molar-refractivity contribution >= 4 is 11.7 Å². The predicted octanol–water partition coefficient (Wildman–Crippen LogP) is 1.62. The summed E-state index contributed by atoms with van der Waals surface area (Å²) >= 11 is 0. The van der Waals surface area contributed by atoms with Crippen LogP contribution >= 0.6 is 0 Å². The molecule has 0 spiro atoms. The fourth-order valence-electron chi connectivity index (χ4n) is 2.57. The molecule has 0 aromatic rings. The summed E-state index contributed by atoms with van der Waals surface area (Å²) in [6.45, 7) is 6.12. The van der Waals surface area contributed by atoms with Crippen LogP contribution in [0.25, 0.3) is 0 Å². The minimum Gasteiger partial charge on any atom is -0.462 e. The van der Waals surface area contributed by atoms with Crippen molar-refractivity contribution in [3.8, 4) is 6.07 Å². The second-order valence-corrected chi connectivity index (χ2v) is 6.64. The van der Waals surface area contributed by atoms with E-state index in [1.54, 1.807) is 0 Å². The summed E-state index contributed by atoms with van der Waals surface area (Å²) in [4.78, 5) is 16.6. The van der Waals surface area contributed by atoms with Gasteiger partial charge in [-0.15, -0.1) is 0 Å². The Morgan fingerprint density at radius 3 is 2.78 bits per heavy atom. The average Bonchev–Trinajstić information content (AvgIpc) is 2.49. The summed E-state index contributed by atoms with van der Waals surface area (Å²) in [5.41, 5.74) is 1.53. The molecule has 2 atom stereocenters. The van der Waals surface area contributed by atoms with Crippen LogP contribution in [0.2, 0.25) is 0 Å². The lowest BCUT2D eigenvalue weighted by Gasteiger charge is -2.31. The van der Waals surface area contributed by atoms with E-state index < -0.39 is 24.6 Å². The van der Waals surface area contributed by atoms with E-state index in [0.29, 0.717) is 12.0 Å². The largest absolute Gasteiger partial charge is 0.462 e. The van der Waals surface area contributed by atoms with Crippen molar-refractivity contribution in [3.63, 3.8) is 0 Å². The van der Waals surface area contributed by atoms with E-state index in [4.69, 9.17) is 9.84 Å². The molecular formula is C17H26N2O4. The second-order valence-electron chi connectivity index (χ2n) is 6.64. The third kappa shape index (κ3) is 6.12. The lowest BCUT2D eigenvalue weighted by Crippen LogP contribution is -2.30. The van der Waals surface area contributed by atoms with Crippen LogP contribution in [-0.2, 0) is 9.53 Å². The van der Waals surface area contributed by atoms with Gasteiger partial charge in [0.25, 0.3) is 0 Å². The summed E-state index contributed by atoms with van der Waals surface area (Å²) in [5.74, 6) is -1.70. The number of esters is 1. The molecule has 0 fully saturated rings. The Labute approximate surface area is 137 Å². The molecule has 0 saturated carbocycles. The lowest BCUT2D eigenvalue weighted by atomic mass is 9.73. The third-order valence-corrected chi connectivity index (χ3v) is 3.60. The molecule has 0 radical (unpaired) electrons. The van der Waals surface area contributed by atoms with Crippen LogP contribution in [0.4, 0.5) is 0 Å². The molecule has 6 heteroatoms. The van der Waals surface area contributed by atoms with E-state index >= 15 is 0 Å². The Morgan fingerprint density at radius 2 is 2.22 bits per heavy atom. The number of ether oxygens (including phenoxy) is 1. The van der Waals surface area contributed by atoms with Gasteiger partial charge >= 0.3 is 5.97 Å². The van der Waals surface area contributed by atoms with Crippen molar-refractivity contribution in [2.75, 3.05) is 19.8 Å². The molecule has 6 nitrogen and oxygen atoms in total. The molecule has 0 amide bonds. The number of nitriles is 1. The molecular weight excluding hydrogens is 296 g/mol. The molecule has 0 aliphatic heterocycles. The summed E-state index contributed by atoms with van der Waals surface area (Å²) in [7, 11) is 0. The van der Waals surface area contributed by atoms with E-state index in [0.717, 1.165) is 25.1 Å². The summed E-state index contributed by atoms with van der Waals surface area (Å²) in [5, 5.41) is 27.4. The topological polar surface area (TPSA) is 103 Å². The Kier molecular flexibility index (Phi) is 7.40. The van der Waals surface area contributed by atoms with Crippen LogP contribution in [0.5, 0.6) is 0 Å². The molecule has 1 rings (SSSR count). The molecule has 0 bridgehead atoms. The number of carbonyl (C=O) groups is 1. The van der Waals surface area contributed by atoms with Gasteiger partial charge in [0.15, 0.2) is 5.92 Å². The number of nitrogens with zero attached hydrogens (tertiary/aromatic N) is 2. The summed E-state index contributed by atoms with van der Waals surface area (Å²) in [6.07, 6.45) is 3.08. The molecule has 2 N–H and O–H groups in total. The molecule has 0 aromatic heterocycles. The van der Waals surface area contributed by atoms with Gasteiger partial charge in [-0.3, -0.25) is 9.79 Å². The normalized spacial score (nSPS) is 21.2. The molecule has 1 aliphatic carbocycles. The Balaban J connectivity index is 2.92. The van der Waals surface area contributed by atoms with Gasteiger partial charge in [-0.2, -0.15) is 5.26 Å². The van der Waals surface area contributed by atoms with Crippen LogP contribution in [0.15, 0.2) is 16.6 Å². The number of aliphatic hydroxyl groups excluding tert-OH is 2. The lowest BCUT2D eigenvalue weighted by molar-refractivity contribution is -0.149. The zero-order chi connectivity index (χ0) is 17.5. The zero-order valence-electron chi connectivity index (χ0n) is 14.1. The molecule has 0 heterocycles. The first-order valence-electron chi connectivity index (χ1n) is 7.92. The smallest absolute Gasteiger partial charge is 0.327 e. The van der Waals surface area contributed by atoms with Gasteiger partial charge in [-0.05, 0) is 36.3 Å². The quantitative estimate of drug-likeness (QED) is 0.693. The van der Waals surface area contributed by atoms with Gasteiger partial charge in [-0.1, -0.05) is 20.8 Å². The van der Waals surface area contributed by atoms with Gasteiger partial charge in [0, 0.05) is 12.3 Å². The van der Waals surface area contributed by atoms with Crippen LogP contribution in [0.1, 0.15) is 40.0 Å². The maximum absolute atomic E-state index is 12.1. The number of aliphatic hydroxyl groups is 2. The maximum Gasteiger partial charge on any atom is 0.327 e. The number of aliphatic imine (C=N–C) groups is 1. The minimum atomic E-state index is -1.13. The summed E-state index contributed by atoms with van der Waals surface area (Å²) < 4.78 is 4.93. The Morgan fingerprint density at radius 1 is 1.52 bits per heavy atom. The number of carbonyl (C=O) groups excluding carboxylic acids is 1. The predicted molar refractivity (Wildman–Crippen MR) is 86.8 cm³/mol. The highest BCUT2D eigenvalue weighted by Gasteiger charge is 2.33. The van der Waals surface area contributed by atoms with Crippen LogP contribution in [0.3, 0.4) is 0 Å². The highest BCUT2D eigenvalue weighted by atomic mass is 16.5. The van der Waals surface area contributed by atoms with Crippen LogP contribution in [-0.4, -0.2) is 47.8 Å². The standard InChI is InChI=1S/C17H26N2O4/c1-4-5-19-13-6-12(7-17(2,3)8-13)15(9-18)16(22)23-11-14(21)10-20/h6,14-15,20-21H,4-5,7-8,10-11H2,1-3H3. The average molecular weight is 322 g/mol. The van der Waals surface area contributed by atoms with Gasteiger partial charge < -0.3 is 14.9 Å². The first-order chi connectivity index (χ1) is 10.8. The van der Waals surface area contributed by atoms with Gasteiger partial charge in [0.05, 0.1) is 12.7 Å². The van der Waals surface area contributed by atoms with Crippen molar-refractivity contribution in [1.29, 1.82) is 5.26 Å². The van der Waals surface area contributed by atoms with Crippen molar-refractivity contribution in [3.05, 3.63) is 11.6 Å². The molecule has 0 aromatic carbocycles. The van der Waals surface area contributed by atoms with Gasteiger partial charge in [0.1, 0.15) is 12.7 Å². The highest BCUT2D eigenvalue weighted by molar-refractivity contribution is 5.98. The Hall–Kier alpha value is -1.71. The maximum atomic E-state index is 12.1. The first kappa shape index (κ1) is 19.3. The van der Waals surface area contributed by atoms with Gasteiger partial charge in [0.2, 0.25) is 0 Å². The number of allylic oxidation sites excluding steroid dienone is 1. The molecule has 23 heavy (non-hydrogen) atoms. The summed E-state index contributed by atoms with van der Waals surface area (Å²) in [6, 6.07) is 1.99. The molecule has 0 saturated heterocycles. The number of hydrogen-bond donors (Lipinski definition) is 2. The van der Waals surface area contributed by atoms with E-state index in [2.05, 4.69) is 18.8 Å². The number of rotatable bonds is 7. The van der Waals surface area contributed by atoms with Crippen molar-refractivity contribution in [1.82, 2.24) is 0 Å². The van der Waals surface area contributed by atoms with E-state index in [1.165, 1.54) is 0 Å². The second kappa shape index (κ2) is 8.80. The minimum absolute atomic E-state index is 0.0728. The first-order valence-corrected chi connectivity index (χ1v) is 7.92. The fourth-order valence-corrected chi connectivity index (χ4v) is 2.57. The Bertz CT molecular complexity index is 517. The number of hydrogen-bond acceptors (Lipinski definition) is 6. The van der Waals surface area contributed by atoms with Crippen molar-refractivity contribution in [2.45, 2.75) is 46.1 Å². The van der Waals surface area contributed by atoms with Crippen molar-refractivity contribution < 1.29 is 19.7 Å². The SMILES string of the molecule is CCCN=C1C=C(C(C#N)C(=O)OCC(O)CO)CC(C)(C)C1. The fraction of sp³-hybridized carbons (Fsp3) is 0.706. The van der Waals surface area contributed by atoms with E-state index in [-0.39, 0.29) is 12.0 Å². The molecule has 2 unspecified atom stereocenters. The molecule has 128 valence electrons. The van der Waals surface area contributed by atoms with Gasteiger partial charge in [-0.25, -0.2) is 0 Å². The molecule has 1 aliphatic rings. The van der Waals surface area contributed by atoms with E-state index in [1.807, 2.05) is 19.1 Å². The monoisotopic (exact) mass is 322 g/mol. The highest BCUT2D eigenvalue weighted by Crippen LogP contribution is 2.37.